The van der Waals surface area contributed by atoms with Crippen LogP contribution in [0.25, 0.3) is 22.0 Å². The first-order valence-corrected chi connectivity index (χ1v) is 10.9. The van der Waals surface area contributed by atoms with E-state index in [0.717, 1.165) is 32.2 Å². The smallest absolute Gasteiger partial charge is 0.275 e. The predicted octanol–water partition coefficient (Wildman–Crippen LogP) is 3.76. The highest BCUT2D eigenvalue weighted by Crippen LogP contribution is 2.39. The maximum atomic E-state index is 12.3. The summed E-state index contributed by atoms with van der Waals surface area (Å²) in [6, 6.07) is 13.0. The van der Waals surface area contributed by atoms with E-state index in [2.05, 4.69) is 31.1 Å². The van der Waals surface area contributed by atoms with Crippen LogP contribution in [0.2, 0.25) is 0 Å². The average Bonchev–Trinajstić information content (AvgIpc) is 3.23. The number of fused-ring (bicyclic) bond motifs is 2. The van der Waals surface area contributed by atoms with Crippen LogP contribution >= 0.6 is 27.7 Å². The second-order valence-electron chi connectivity index (χ2n) is 6.96. The zero-order valence-corrected chi connectivity index (χ0v) is 18.7. The second-order valence-corrected chi connectivity index (χ2v) is 8.80. The molecule has 0 radical (unpaired) electrons. The number of azo groups is 1. The van der Waals surface area contributed by atoms with Crippen LogP contribution in [0.1, 0.15) is 0 Å². The van der Waals surface area contributed by atoms with Crippen molar-refractivity contribution in [2.45, 2.75) is 11.9 Å². The number of para-hydroxylation sites is 2. The maximum absolute atomic E-state index is 12.3. The summed E-state index contributed by atoms with van der Waals surface area (Å²) in [5.74, 6) is -0.440. The van der Waals surface area contributed by atoms with Crippen molar-refractivity contribution in [1.82, 2.24) is 9.55 Å². The summed E-state index contributed by atoms with van der Waals surface area (Å²) < 4.78 is 8.19. The molecule has 0 aliphatic rings. The number of rotatable bonds is 6. The first kappa shape index (κ1) is 20.6. The van der Waals surface area contributed by atoms with Gasteiger partial charge in [-0.15, -0.1) is 10.2 Å². The summed E-state index contributed by atoms with van der Waals surface area (Å²) in [7, 11) is 3.97. The van der Waals surface area contributed by atoms with E-state index < -0.39 is 5.91 Å². The van der Waals surface area contributed by atoms with Crippen LogP contribution in [0, 0.1) is 0 Å². The molecule has 8 nitrogen and oxygen atoms in total. The Morgan fingerprint density at radius 2 is 2.10 bits per heavy atom. The van der Waals surface area contributed by atoms with Gasteiger partial charge < -0.3 is 14.4 Å². The van der Waals surface area contributed by atoms with Gasteiger partial charge in [0.15, 0.2) is 17.9 Å². The highest BCUT2D eigenvalue weighted by Gasteiger charge is 2.19. The number of carbonyl (C=O) groups excluding carboxylic acids is 1. The molecule has 4 aromatic rings. The SMILES string of the molecule is C[NH+](C)Cn1c(O)c(N=NC(=O)CSc2nc3ccccc3o2)c2cc(Br)ccc21. The number of aromatic hydroxyl groups is 1. The predicted molar refractivity (Wildman–Crippen MR) is 118 cm³/mol. The van der Waals surface area contributed by atoms with Crippen molar-refractivity contribution in [3.8, 4) is 5.88 Å². The fraction of sp³-hybridized carbons (Fsp3) is 0.200. The van der Waals surface area contributed by atoms with Crippen LogP contribution in [-0.2, 0) is 11.5 Å². The van der Waals surface area contributed by atoms with E-state index in [1.165, 1.54) is 0 Å². The van der Waals surface area contributed by atoms with Gasteiger partial charge in [-0.3, -0.25) is 9.36 Å². The zero-order chi connectivity index (χ0) is 21.3. The lowest BCUT2D eigenvalue weighted by atomic mass is 10.2. The fourth-order valence-corrected chi connectivity index (χ4v) is 4.02. The van der Waals surface area contributed by atoms with Gasteiger partial charge in [0.25, 0.3) is 11.1 Å². The number of oxazole rings is 1. The lowest BCUT2D eigenvalue weighted by molar-refractivity contribution is -0.882. The Morgan fingerprint density at radius 1 is 1.30 bits per heavy atom. The number of quaternary nitrogens is 1. The summed E-state index contributed by atoms with van der Waals surface area (Å²) in [5.41, 5.74) is 2.49. The van der Waals surface area contributed by atoms with Gasteiger partial charge in [0.2, 0.25) is 5.88 Å². The van der Waals surface area contributed by atoms with Gasteiger partial charge in [0.1, 0.15) is 5.52 Å². The molecule has 0 saturated carbocycles. The molecule has 0 atom stereocenters. The molecule has 0 aliphatic heterocycles. The average molecular weight is 489 g/mol. The molecule has 30 heavy (non-hydrogen) atoms. The topological polar surface area (TPSA) is 97.4 Å². The molecule has 0 fully saturated rings. The van der Waals surface area contributed by atoms with E-state index in [1.54, 1.807) is 4.57 Å². The number of hydrogen-bond acceptors (Lipinski definition) is 6. The monoisotopic (exact) mass is 488 g/mol. The van der Waals surface area contributed by atoms with Crippen molar-refractivity contribution in [2.24, 2.45) is 10.2 Å². The molecule has 0 spiro atoms. The first-order chi connectivity index (χ1) is 14.4. The number of hydrogen-bond donors (Lipinski definition) is 2. The molecular weight excluding hydrogens is 470 g/mol. The Balaban J connectivity index is 1.54. The van der Waals surface area contributed by atoms with Crippen LogP contribution in [0.3, 0.4) is 0 Å². The fourth-order valence-electron chi connectivity index (χ4n) is 3.04. The largest absolute Gasteiger partial charge is 0.493 e. The summed E-state index contributed by atoms with van der Waals surface area (Å²) in [5, 5.41) is 19.7. The number of nitrogens with one attached hydrogen (secondary N) is 1. The summed E-state index contributed by atoms with van der Waals surface area (Å²) >= 11 is 4.59. The van der Waals surface area contributed by atoms with Crippen molar-refractivity contribution in [3.05, 3.63) is 46.9 Å². The number of amides is 1. The van der Waals surface area contributed by atoms with E-state index in [4.69, 9.17) is 4.42 Å². The van der Waals surface area contributed by atoms with Gasteiger partial charge in [0.05, 0.1) is 25.4 Å². The Morgan fingerprint density at radius 3 is 2.87 bits per heavy atom. The van der Waals surface area contributed by atoms with E-state index >= 15 is 0 Å². The molecule has 0 saturated heterocycles. The second kappa shape index (κ2) is 8.58. The van der Waals surface area contributed by atoms with Gasteiger partial charge in [-0.2, -0.15) is 0 Å². The van der Waals surface area contributed by atoms with Crippen LogP contribution in [0.4, 0.5) is 5.69 Å². The molecule has 4 rings (SSSR count). The van der Waals surface area contributed by atoms with Crippen LogP contribution < -0.4 is 4.90 Å². The Kier molecular flexibility index (Phi) is 5.89. The molecule has 2 aromatic heterocycles. The minimum absolute atomic E-state index is 0.0209. The molecule has 0 bridgehead atoms. The quantitative estimate of drug-likeness (QED) is 0.318. The normalized spacial score (nSPS) is 12.0. The Labute approximate surface area is 184 Å². The minimum atomic E-state index is -0.448. The van der Waals surface area contributed by atoms with Gasteiger partial charge in [-0.25, -0.2) is 4.98 Å². The molecular formula is C20H19BrN5O3S+. The van der Waals surface area contributed by atoms with Crippen LogP contribution in [0.15, 0.2) is 66.8 Å². The van der Waals surface area contributed by atoms with E-state index in [0.29, 0.717) is 22.9 Å². The number of nitrogens with zero attached hydrogens (tertiary/aromatic N) is 4. The Bertz CT molecular complexity index is 1230. The summed E-state index contributed by atoms with van der Waals surface area (Å²) in [6.45, 7) is 0.543. The zero-order valence-electron chi connectivity index (χ0n) is 16.3. The standard InChI is InChI=1S/C20H18BrN5O3S/c1-25(2)11-26-15-8-7-12(21)9-13(15)18(19(26)28)24-23-17(27)10-30-20-22-14-5-3-4-6-16(14)29-20/h3-9,28H,10-11H2,1-2H3/p+1. The number of carbonyl (C=O) groups is 1. The number of benzene rings is 2. The van der Waals surface area contributed by atoms with Crippen LogP contribution in [-0.4, -0.2) is 40.4 Å². The highest BCUT2D eigenvalue weighted by molar-refractivity contribution is 9.10. The maximum Gasteiger partial charge on any atom is 0.275 e. The molecule has 154 valence electrons. The molecule has 0 aliphatic carbocycles. The van der Waals surface area contributed by atoms with Crippen LogP contribution in [0.5, 0.6) is 5.88 Å². The Hall–Kier alpha value is -2.69. The lowest BCUT2D eigenvalue weighted by Crippen LogP contribution is -3.04. The third kappa shape index (κ3) is 4.25. The van der Waals surface area contributed by atoms with Crippen molar-refractivity contribution in [1.29, 1.82) is 0 Å². The third-order valence-corrected chi connectivity index (χ3v) is 5.61. The number of halogens is 1. The van der Waals surface area contributed by atoms with Crippen molar-refractivity contribution >= 4 is 61.3 Å². The van der Waals surface area contributed by atoms with Gasteiger partial charge in [-0.05, 0) is 30.3 Å². The molecule has 2 heterocycles. The third-order valence-electron chi connectivity index (χ3n) is 4.30. The van der Waals surface area contributed by atoms with Crippen molar-refractivity contribution < 1.29 is 19.2 Å². The van der Waals surface area contributed by atoms with E-state index in [9.17, 15) is 9.90 Å². The molecule has 2 N–H and O–H groups in total. The van der Waals surface area contributed by atoms with Gasteiger partial charge in [0, 0.05) is 9.86 Å². The van der Waals surface area contributed by atoms with E-state index in [-0.39, 0.29) is 17.3 Å². The van der Waals surface area contributed by atoms with E-state index in [1.807, 2.05) is 56.6 Å². The summed E-state index contributed by atoms with van der Waals surface area (Å²) in [6.07, 6.45) is 0. The molecule has 10 heteroatoms. The number of thioether (sulfide) groups is 1. The minimum Gasteiger partial charge on any atom is -0.493 e. The van der Waals surface area contributed by atoms with Crippen molar-refractivity contribution in [3.63, 3.8) is 0 Å². The molecule has 1 amide bonds. The van der Waals surface area contributed by atoms with Gasteiger partial charge in [-0.1, -0.05) is 39.8 Å². The summed E-state index contributed by atoms with van der Waals surface area (Å²) in [4.78, 5) is 17.7. The highest BCUT2D eigenvalue weighted by atomic mass is 79.9. The molecule has 2 aromatic carbocycles. The van der Waals surface area contributed by atoms with Crippen molar-refractivity contribution in [2.75, 3.05) is 19.8 Å². The number of aromatic nitrogens is 2. The lowest BCUT2D eigenvalue weighted by Gasteiger charge is -2.10. The van der Waals surface area contributed by atoms with Gasteiger partial charge >= 0.3 is 0 Å². The molecule has 0 unspecified atom stereocenters. The first-order valence-electron chi connectivity index (χ1n) is 9.15.